The Morgan fingerprint density at radius 2 is 1.22 bits per heavy atom. The van der Waals surface area contributed by atoms with Crippen molar-refractivity contribution in [2.75, 3.05) is 10.6 Å². The van der Waals surface area contributed by atoms with Crippen molar-refractivity contribution in [2.45, 2.75) is 0 Å². The van der Waals surface area contributed by atoms with E-state index in [4.69, 9.17) is 27.6 Å². The van der Waals surface area contributed by atoms with Gasteiger partial charge in [-0.3, -0.25) is 29.8 Å². The second-order valence-corrected chi connectivity index (χ2v) is 9.40. The number of carbonyl (C=O) groups is 2. The normalized spacial score (nSPS) is 10.8. The van der Waals surface area contributed by atoms with Gasteiger partial charge in [0.15, 0.2) is 5.58 Å². The lowest BCUT2D eigenvalue weighted by atomic mass is 10.1. The van der Waals surface area contributed by atoms with Gasteiger partial charge in [0, 0.05) is 39.1 Å². The third-order valence-electron chi connectivity index (χ3n) is 5.84. The summed E-state index contributed by atoms with van der Waals surface area (Å²) in [4.78, 5) is 51.0. The van der Waals surface area contributed by atoms with Crippen LogP contribution in [0.3, 0.4) is 0 Å². The third-order valence-corrected chi connectivity index (χ3v) is 6.31. The Labute approximate surface area is 239 Å². The Morgan fingerprint density at radius 3 is 1.76 bits per heavy atom. The van der Waals surface area contributed by atoms with Crippen LogP contribution in [-0.4, -0.2) is 26.6 Å². The molecule has 0 aliphatic carbocycles. The van der Waals surface area contributed by atoms with Crippen molar-refractivity contribution in [1.29, 1.82) is 0 Å². The van der Waals surface area contributed by atoms with Gasteiger partial charge in [-0.1, -0.05) is 23.2 Å². The van der Waals surface area contributed by atoms with Gasteiger partial charge in [-0.05, 0) is 66.7 Å². The maximum absolute atomic E-state index is 12.7. The SMILES string of the molecule is O=C(Nc1ccc(-c2nc3cc(NC(=O)c4ccc(Cl)cc4[N+](=O)[O-])ccc3o2)cc1)c1ccc(Cl)cc1[N+](=O)[O-]. The molecule has 0 bridgehead atoms. The van der Waals surface area contributed by atoms with Crippen LogP contribution >= 0.6 is 23.2 Å². The van der Waals surface area contributed by atoms with Gasteiger partial charge < -0.3 is 15.1 Å². The molecule has 4 aromatic carbocycles. The Morgan fingerprint density at radius 1 is 0.707 bits per heavy atom. The molecule has 2 N–H and O–H groups in total. The first-order chi connectivity index (χ1) is 19.6. The number of nitrogens with zero attached hydrogens (tertiary/aromatic N) is 3. The molecule has 0 saturated heterocycles. The molecule has 0 saturated carbocycles. The van der Waals surface area contributed by atoms with Gasteiger partial charge in [0.05, 0.1) is 9.85 Å². The number of nitro benzene ring substituents is 2. The van der Waals surface area contributed by atoms with E-state index in [9.17, 15) is 29.8 Å². The van der Waals surface area contributed by atoms with Crippen LogP contribution in [0.2, 0.25) is 10.0 Å². The zero-order valence-corrected chi connectivity index (χ0v) is 22.0. The minimum absolute atomic E-state index is 0.130. The van der Waals surface area contributed by atoms with Gasteiger partial charge in [0.25, 0.3) is 23.2 Å². The van der Waals surface area contributed by atoms with E-state index in [2.05, 4.69) is 15.6 Å². The summed E-state index contributed by atoms with van der Waals surface area (Å²) >= 11 is 11.6. The number of oxazole rings is 1. The maximum Gasteiger partial charge on any atom is 0.283 e. The highest BCUT2D eigenvalue weighted by atomic mass is 35.5. The van der Waals surface area contributed by atoms with Crippen LogP contribution in [0.4, 0.5) is 22.7 Å². The van der Waals surface area contributed by atoms with Crippen LogP contribution in [-0.2, 0) is 0 Å². The molecule has 204 valence electrons. The standard InChI is InChI=1S/C27H15Cl2N5O7/c28-15-3-8-19(22(11-15)33(37)38)25(35)30-17-5-1-14(2-6-17)27-32-21-13-18(7-10-24(21)41-27)31-26(36)20-9-4-16(29)12-23(20)34(39)40/h1-13H,(H,30,35)(H,31,36). The summed E-state index contributed by atoms with van der Waals surface area (Å²) in [5, 5.41) is 28.1. The predicted octanol–water partition coefficient (Wildman–Crippen LogP) is 7.12. The third kappa shape index (κ3) is 5.83. The minimum Gasteiger partial charge on any atom is -0.436 e. The molecule has 0 fully saturated rings. The Hall–Kier alpha value is -5.33. The summed E-state index contributed by atoms with van der Waals surface area (Å²) in [7, 11) is 0. The summed E-state index contributed by atoms with van der Waals surface area (Å²) in [6.45, 7) is 0. The van der Waals surface area contributed by atoms with E-state index in [1.807, 2.05) is 0 Å². The van der Waals surface area contributed by atoms with Crippen molar-refractivity contribution in [1.82, 2.24) is 4.98 Å². The van der Waals surface area contributed by atoms with Crippen molar-refractivity contribution in [3.63, 3.8) is 0 Å². The van der Waals surface area contributed by atoms with E-state index in [-0.39, 0.29) is 27.1 Å². The minimum atomic E-state index is -0.696. The first-order valence-electron chi connectivity index (χ1n) is 11.6. The van der Waals surface area contributed by atoms with E-state index in [1.165, 1.54) is 24.3 Å². The number of halogens is 2. The van der Waals surface area contributed by atoms with Gasteiger partial charge in [0.2, 0.25) is 5.89 Å². The van der Waals surface area contributed by atoms with Crippen LogP contribution in [0.5, 0.6) is 0 Å². The van der Waals surface area contributed by atoms with Gasteiger partial charge in [-0.2, -0.15) is 0 Å². The Bertz CT molecular complexity index is 1870. The summed E-state index contributed by atoms with van der Waals surface area (Å²) in [5.74, 6) is -1.12. The second kappa shape index (κ2) is 11.0. The van der Waals surface area contributed by atoms with Gasteiger partial charge >= 0.3 is 0 Å². The zero-order valence-electron chi connectivity index (χ0n) is 20.5. The molecule has 41 heavy (non-hydrogen) atoms. The summed E-state index contributed by atoms with van der Waals surface area (Å²) in [6, 6.07) is 18.6. The molecule has 5 aromatic rings. The quantitative estimate of drug-likeness (QED) is 0.149. The van der Waals surface area contributed by atoms with Crippen LogP contribution in [0.15, 0.2) is 83.3 Å². The average molecular weight is 592 g/mol. The topological polar surface area (TPSA) is 171 Å². The fraction of sp³-hybridized carbons (Fsp3) is 0. The smallest absolute Gasteiger partial charge is 0.283 e. The van der Waals surface area contributed by atoms with Crippen molar-refractivity contribution in [3.8, 4) is 11.5 Å². The monoisotopic (exact) mass is 591 g/mol. The zero-order chi connectivity index (χ0) is 29.3. The molecule has 0 aliphatic heterocycles. The number of amides is 2. The van der Waals surface area contributed by atoms with E-state index in [0.717, 1.165) is 12.1 Å². The van der Waals surface area contributed by atoms with Crippen molar-refractivity contribution in [2.24, 2.45) is 0 Å². The van der Waals surface area contributed by atoms with Crippen LogP contribution < -0.4 is 10.6 Å². The number of nitrogens with one attached hydrogen (secondary N) is 2. The highest BCUT2D eigenvalue weighted by Crippen LogP contribution is 2.29. The number of anilines is 2. The molecule has 12 nitrogen and oxygen atoms in total. The molecule has 1 heterocycles. The van der Waals surface area contributed by atoms with E-state index in [1.54, 1.807) is 42.5 Å². The maximum atomic E-state index is 12.7. The number of rotatable bonds is 7. The molecule has 0 unspecified atom stereocenters. The lowest BCUT2D eigenvalue weighted by Gasteiger charge is -2.06. The second-order valence-electron chi connectivity index (χ2n) is 8.52. The fourth-order valence-electron chi connectivity index (χ4n) is 3.92. The molecular formula is C27H15Cl2N5O7. The fourth-order valence-corrected chi connectivity index (χ4v) is 4.25. The number of hydrogen-bond donors (Lipinski definition) is 2. The van der Waals surface area contributed by atoms with Crippen molar-refractivity contribution >= 4 is 68.9 Å². The Balaban J connectivity index is 1.32. The van der Waals surface area contributed by atoms with Crippen molar-refractivity contribution in [3.05, 3.63) is 120 Å². The molecule has 14 heteroatoms. The molecule has 2 amide bonds. The van der Waals surface area contributed by atoms with E-state index < -0.39 is 33.0 Å². The van der Waals surface area contributed by atoms with Crippen molar-refractivity contribution < 1.29 is 23.9 Å². The Kier molecular flexibility index (Phi) is 7.34. The summed E-state index contributed by atoms with van der Waals surface area (Å²) in [5.41, 5.74) is 0.971. The van der Waals surface area contributed by atoms with Crippen LogP contribution in [0, 0.1) is 20.2 Å². The number of aromatic nitrogens is 1. The number of nitro groups is 2. The van der Waals surface area contributed by atoms with Gasteiger partial charge in [0.1, 0.15) is 16.6 Å². The lowest BCUT2D eigenvalue weighted by molar-refractivity contribution is -0.385. The average Bonchev–Trinajstić information content (AvgIpc) is 3.36. The summed E-state index contributed by atoms with van der Waals surface area (Å²) in [6.07, 6.45) is 0. The molecule has 0 atom stereocenters. The molecule has 0 spiro atoms. The van der Waals surface area contributed by atoms with Crippen LogP contribution in [0.1, 0.15) is 20.7 Å². The number of benzene rings is 4. The first-order valence-corrected chi connectivity index (χ1v) is 12.4. The largest absolute Gasteiger partial charge is 0.436 e. The molecule has 0 aliphatic rings. The molecule has 1 aromatic heterocycles. The first kappa shape index (κ1) is 27.2. The lowest BCUT2D eigenvalue weighted by Crippen LogP contribution is -2.13. The highest BCUT2D eigenvalue weighted by molar-refractivity contribution is 6.31. The van der Waals surface area contributed by atoms with Crippen LogP contribution in [0.25, 0.3) is 22.6 Å². The van der Waals surface area contributed by atoms with E-state index in [0.29, 0.717) is 28.0 Å². The molecular weight excluding hydrogens is 577 g/mol. The highest BCUT2D eigenvalue weighted by Gasteiger charge is 2.22. The van der Waals surface area contributed by atoms with E-state index >= 15 is 0 Å². The number of hydrogen-bond acceptors (Lipinski definition) is 8. The van der Waals surface area contributed by atoms with Gasteiger partial charge in [-0.15, -0.1) is 0 Å². The van der Waals surface area contributed by atoms with Gasteiger partial charge in [-0.25, -0.2) is 4.98 Å². The predicted molar refractivity (Wildman–Crippen MR) is 152 cm³/mol. The number of fused-ring (bicyclic) bond motifs is 1. The molecule has 0 radical (unpaired) electrons. The summed E-state index contributed by atoms with van der Waals surface area (Å²) < 4.78 is 5.80. The number of carbonyl (C=O) groups excluding carboxylic acids is 2. The molecule has 5 rings (SSSR count).